The Labute approximate surface area is 108 Å². The van der Waals surface area contributed by atoms with Crippen LogP contribution in [0.3, 0.4) is 0 Å². The van der Waals surface area contributed by atoms with Gasteiger partial charge in [0.25, 0.3) is 0 Å². The normalized spacial score (nSPS) is 22.3. The number of amides is 1. The van der Waals surface area contributed by atoms with Crippen LogP contribution in [-0.2, 0) is 9.53 Å². The van der Waals surface area contributed by atoms with Gasteiger partial charge in [-0.25, -0.2) is 0 Å². The minimum atomic E-state index is -0.573. The Hall–Kier alpha value is -1.39. The number of nitrogens with two attached hydrogens (primary N) is 1. The highest BCUT2D eigenvalue weighted by atomic mass is 16.5. The molecule has 1 aliphatic heterocycles. The average molecular weight is 248 g/mol. The SMILES string of the molecule is C[C@@H]1CN(C(=O)[C@@H](N)c2ccccc2)CCCO1. The number of ether oxygens (including phenoxy) is 1. The predicted molar refractivity (Wildman–Crippen MR) is 70.0 cm³/mol. The second-order valence-electron chi connectivity index (χ2n) is 4.71. The van der Waals surface area contributed by atoms with Crippen LogP contribution in [-0.4, -0.2) is 36.6 Å². The van der Waals surface area contributed by atoms with Gasteiger partial charge in [-0.2, -0.15) is 0 Å². The minimum absolute atomic E-state index is 0.0152. The molecule has 0 saturated carbocycles. The van der Waals surface area contributed by atoms with Gasteiger partial charge in [-0.05, 0) is 18.9 Å². The van der Waals surface area contributed by atoms with E-state index in [1.165, 1.54) is 0 Å². The van der Waals surface area contributed by atoms with Crippen molar-refractivity contribution in [2.24, 2.45) is 5.73 Å². The molecule has 1 aromatic rings. The van der Waals surface area contributed by atoms with Crippen molar-refractivity contribution in [3.63, 3.8) is 0 Å². The zero-order chi connectivity index (χ0) is 13.0. The van der Waals surface area contributed by atoms with Gasteiger partial charge < -0.3 is 15.4 Å². The van der Waals surface area contributed by atoms with Crippen molar-refractivity contribution in [3.05, 3.63) is 35.9 Å². The Bertz CT molecular complexity index is 394. The third-order valence-corrected chi connectivity index (χ3v) is 3.19. The zero-order valence-electron chi connectivity index (χ0n) is 10.7. The van der Waals surface area contributed by atoms with Crippen LogP contribution in [0.4, 0.5) is 0 Å². The highest BCUT2D eigenvalue weighted by molar-refractivity contribution is 5.83. The van der Waals surface area contributed by atoms with E-state index in [-0.39, 0.29) is 12.0 Å². The molecule has 2 N–H and O–H groups in total. The van der Waals surface area contributed by atoms with Crippen LogP contribution in [0.15, 0.2) is 30.3 Å². The molecule has 2 atom stereocenters. The molecule has 1 fully saturated rings. The Balaban J connectivity index is 2.06. The fraction of sp³-hybridized carbons (Fsp3) is 0.500. The Morgan fingerprint density at radius 1 is 1.44 bits per heavy atom. The second-order valence-corrected chi connectivity index (χ2v) is 4.71. The minimum Gasteiger partial charge on any atom is -0.377 e. The first-order valence-electron chi connectivity index (χ1n) is 6.39. The molecule has 1 saturated heterocycles. The van der Waals surface area contributed by atoms with Crippen LogP contribution in [0, 0.1) is 0 Å². The number of carbonyl (C=O) groups is 1. The average Bonchev–Trinajstić information content (AvgIpc) is 2.63. The van der Waals surface area contributed by atoms with Gasteiger partial charge in [-0.15, -0.1) is 0 Å². The van der Waals surface area contributed by atoms with Gasteiger partial charge in [0.2, 0.25) is 5.91 Å². The summed E-state index contributed by atoms with van der Waals surface area (Å²) in [7, 11) is 0. The number of benzene rings is 1. The summed E-state index contributed by atoms with van der Waals surface area (Å²) in [4.78, 5) is 14.2. The van der Waals surface area contributed by atoms with Gasteiger partial charge in [-0.1, -0.05) is 30.3 Å². The van der Waals surface area contributed by atoms with Gasteiger partial charge >= 0.3 is 0 Å². The lowest BCUT2D eigenvalue weighted by Gasteiger charge is -2.25. The van der Waals surface area contributed by atoms with Crippen molar-refractivity contribution in [1.29, 1.82) is 0 Å². The topological polar surface area (TPSA) is 55.6 Å². The molecule has 2 rings (SSSR count). The lowest BCUT2D eigenvalue weighted by atomic mass is 10.1. The maximum absolute atomic E-state index is 12.3. The first kappa shape index (κ1) is 13.1. The van der Waals surface area contributed by atoms with Crippen molar-refractivity contribution in [1.82, 2.24) is 4.90 Å². The molecule has 4 heteroatoms. The van der Waals surface area contributed by atoms with Gasteiger partial charge in [0.1, 0.15) is 6.04 Å². The van der Waals surface area contributed by atoms with Crippen LogP contribution < -0.4 is 5.73 Å². The smallest absolute Gasteiger partial charge is 0.244 e. The van der Waals surface area contributed by atoms with E-state index in [1.807, 2.05) is 42.2 Å². The summed E-state index contributed by atoms with van der Waals surface area (Å²) >= 11 is 0. The highest BCUT2D eigenvalue weighted by Gasteiger charge is 2.25. The Morgan fingerprint density at radius 3 is 2.89 bits per heavy atom. The molecular formula is C14H20N2O2. The van der Waals surface area contributed by atoms with E-state index in [1.54, 1.807) is 0 Å². The fourth-order valence-electron chi connectivity index (χ4n) is 2.19. The summed E-state index contributed by atoms with van der Waals surface area (Å²) in [6, 6.07) is 8.92. The highest BCUT2D eigenvalue weighted by Crippen LogP contribution is 2.15. The molecule has 98 valence electrons. The van der Waals surface area contributed by atoms with Crippen LogP contribution >= 0.6 is 0 Å². The van der Waals surface area contributed by atoms with Crippen LogP contribution in [0.1, 0.15) is 24.9 Å². The lowest BCUT2D eigenvalue weighted by molar-refractivity contribution is -0.133. The van der Waals surface area contributed by atoms with E-state index in [0.29, 0.717) is 13.2 Å². The van der Waals surface area contributed by atoms with Crippen molar-refractivity contribution in [3.8, 4) is 0 Å². The van der Waals surface area contributed by atoms with E-state index in [9.17, 15) is 4.79 Å². The third kappa shape index (κ3) is 3.09. The van der Waals surface area contributed by atoms with Crippen molar-refractivity contribution >= 4 is 5.91 Å². The molecule has 18 heavy (non-hydrogen) atoms. The maximum Gasteiger partial charge on any atom is 0.244 e. The summed E-state index contributed by atoms with van der Waals surface area (Å²) in [6.07, 6.45) is 0.955. The number of hydrogen-bond acceptors (Lipinski definition) is 3. The summed E-state index contributed by atoms with van der Waals surface area (Å²) in [5.41, 5.74) is 6.90. The van der Waals surface area contributed by atoms with Crippen LogP contribution in [0.2, 0.25) is 0 Å². The molecule has 1 aromatic carbocycles. The lowest BCUT2D eigenvalue weighted by Crippen LogP contribution is -2.41. The third-order valence-electron chi connectivity index (χ3n) is 3.19. The van der Waals surface area contributed by atoms with Crippen LogP contribution in [0.5, 0.6) is 0 Å². The summed E-state index contributed by atoms with van der Waals surface area (Å²) in [5, 5.41) is 0. The Kier molecular flexibility index (Phi) is 4.33. The molecule has 0 unspecified atom stereocenters. The first-order valence-corrected chi connectivity index (χ1v) is 6.39. The van der Waals surface area contributed by atoms with Gasteiger partial charge in [0.15, 0.2) is 0 Å². The number of hydrogen-bond donors (Lipinski definition) is 1. The second kappa shape index (κ2) is 5.98. The van der Waals surface area contributed by atoms with E-state index in [0.717, 1.165) is 18.5 Å². The first-order chi connectivity index (χ1) is 8.68. The monoisotopic (exact) mass is 248 g/mol. The largest absolute Gasteiger partial charge is 0.377 e. The molecule has 1 amide bonds. The molecule has 0 radical (unpaired) electrons. The zero-order valence-corrected chi connectivity index (χ0v) is 10.7. The molecule has 0 bridgehead atoms. The predicted octanol–water partition coefficient (Wildman–Crippen LogP) is 1.32. The summed E-state index contributed by atoms with van der Waals surface area (Å²) in [5.74, 6) is -0.0152. The molecule has 4 nitrogen and oxygen atoms in total. The van der Waals surface area contributed by atoms with Gasteiger partial charge in [0, 0.05) is 19.7 Å². The number of carbonyl (C=O) groups excluding carboxylic acids is 1. The standard InChI is InChI=1S/C14H20N2O2/c1-11-10-16(8-5-9-18-11)14(17)13(15)12-6-3-2-4-7-12/h2-4,6-7,11,13H,5,8-10,15H2,1H3/t11-,13+/m1/s1. The van der Waals surface area contributed by atoms with E-state index in [4.69, 9.17) is 10.5 Å². The summed E-state index contributed by atoms with van der Waals surface area (Å²) < 4.78 is 5.53. The van der Waals surface area contributed by atoms with Crippen molar-refractivity contribution in [2.75, 3.05) is 19.7 Å². The van der Waals surface area contributed by atoms with E-state index >= 15 is 0 Å². The number of rotatable bonds is 2. The maximum atomic E-state index is 12.3. The van der Waals surface area contributed by atoms with E-state index < -0.39 is 6.04 Å². The molecule has 1 aliphatic rings. The van der Waals surface area contributed by atoms with Gasteiger partial charge in [0.05, 0.1) is 6.10 Å². The summed E-state index contributed by atoms with van der Waals surface area (Å²) in [6.45, 7) is 4.05. The van der Waals surface area contributed by atoms with Crippen molar-refractivity contribution in [2.45, 2.75) is 25.5 Å². The molecule has 0 aromatic heterocycles. The molecule has 0 spiro atoms. The van der Waals surface area contributed by atoms with Crippen LogP contribution in [0.25, 0.3) is 0 Å². The van der Waals surface area contributed by atoms with Gasteiger partial charge in [-0.3, -0.25) is 4.79 Å². The molecule has 1 heterocycles. The number of nitrogens with zero attached hydrogens (tertiary/aromatic N) is 1. The Morgan fingerprint density at radius 2 is 2.17 bits per heavy atom. The van der Waals surface area contributed by atoms with Crippen molar-refractivity contribution < 1.29 is 9.53 Å². The molecular weight excluding hydrogens is 228 g/mol. The van der Waals surface area contributed by atoms with E-state index in [2.05, 4.69) is 0 Å². The molecule has 0 aliphatic carbocycles. The quantitative estimate of drug-likeness (QED) is 0.859. The fourth-order valence-corrected chi connectivity index (χ4v) is 2.19.